The number of nitrogen functional groups attached to an aromatic ring is 1. The number of thiol groups is 1. The van der Waals surface area contributed by atoms with Gasteiger partial charge in [-0.05, 0) is 6.07 Å². The molecule has 0 unspecified atom stereocenters. The molecule has 1 heterocycles. The van der Waals surface area contributed by atoms with Gasteiger partial charge in [0, 0.05) is 17.3 Å². The monoisotopic (exact) mass is 169 g/mol. The highest BCUT2D eigenvalue weighted by atomic mass is 32.1. The lowest BCUT2D eigenvalue weighted by Crippen LogP contribution is -2.30. The third kappa shape index (κ3) is 1.69. The molecular formula is C6H7N3OS. The van der Waals surface area contributed by atoms with Gasteiger partial charge in [0.2, 0.25) is 0 Å². The van der Waals surface area contributed by atoms with Crippen LogP contribution in [0.3, 0.4) is 0 Å². The average Bonchev–Trinajstić information content (AvgIpc) is 2.04. The third-order valence-corrected chi connectivity index (χ3v) is 1.53. The molecule has 0 bridgehead atoms. The molecular weight excluding hydrogens is 162 g/mol. The van der Waals surface area contributed by atoms with Crippen LogP contribution >= 0.6 is 12.6 Å². The van der Waals surface area contributed by atoms with E-state index in [1.54, 1.807) is 6.07 Å². The zero-order valence-corrected chi connectivity index (χ0v) is 6.51. The van der Waals surface area contributed by atoms with Crippen molar-refractivity contribution in [3.05, 3.63) is 24.0 Å². The first-order chi connectivity index (χ1) is 5.25. The molecule has 0 aromatic carbocycles. The van der Waals surface area contributed by atoms with Gasteiger partial charge in [0.15, 0.2) is 0 Å². The van der Waals surface area contributed by atoms with Crippen molar-refractivity contribution in [1.82, 2.24) is 10.4 Å². The summed E-state index contributed by atoms with van der Waals surface area (Å²) in [5, 5.41) is 0. The number of hydrogen-bond donors (Lipinski definition) is 3. The minimum absolute atomic E-state index is 0.364. The Labute approximate surface area is 69.2 Å². The normalized spacial score (nSPS) is 9.27. The van der Waals surface area contributed by atoms with E-state index in [4.69, 9.17) is 5.84 Å². The molecule has 0 fully saturated rings. The molecule has 0 radical (unpaired) electrons. The van der Waals surface area contributed by atoms with Crippen molar-refractivity contribution in [3.8, 4) is 0 Å². The van der Waals surface area contributed by atoms with Gasteiger partial charge in [-0.3, -0.25) is 15.2 Å². The van der Waals surface area contributed by atoms with E-state index in [2.05, 4.69) is 17.6 Å². The van der Waals surface area contributed by atoms with E-state index in [1.807, 2.05) is 5.43 Å². The standard InChI is InChI=1S/C6H7N3OS/c7-9-6(10)4-1-2-8-3-5(4)11/h1-3,11H,7H2,(H,9,10). The molecule has 0 spiro atoms. The van der Waals surface area contributed by atoms with E-state index >= 15 is 0 Å². The number of amides is 1. The molecule has 0 saturated carbocycles. The summed E-state index contributed by atoms with van der Waals surface area (Å²) >= 11 is 4.01. The van der Waals surface area contributed by atoms with Crippen molar-refractivity contribution in [2.24, 2.45) is 5.84 Å². The Morgan fingerprint density at radius 2 is 2.45 bits per heavy atom. The second kappa shape index (κ2) is 3.36. The molecule has 1 aromatic heterocycles. The van der Waals surface area contributed by atoms with E-state index < -0.39 is 0 Å². The molecule has 0 aliphatic heterocycles. The van der Waals surface area contributed by atoms with E-state index in [9.17, 15) is 4.79 Å². The molecule has 5 heteroatoms. The maximum absolute atomic E-state index is 10.9. The summed E-state index contributed by atoms with van der Waals surface area (Å²) in [6.45, 7) is 0. The van der Waals surface area contributed by atoms with E-state index in [1.165, 1.54) is 12.4 Å². The first-order valence-electron chi connectivity index (χ1n) is 2.89. The Hall–Kier alpha value is -1.07. The van der Waals surface area contributed by atoms with E-state index in [0.717, 1.165) is 0 Å². The lowest BCUT2D eigenvalue weighted by molar-refractivity contribution is 0.0950. The molecule has 1 aromatic rings. The third-order valence-electron chi connectivity index (χ3n) is 1.18. The maximum Gasteiger partial charge on any atom is 0.266 e. The summed E-state index contributed by atoms with van der Waals surface area (Å²) in [5.74, 6) is 4.56. The Balaban J connectivity index is 3.03. The van der Waals surface area contributed by atoms with Crippen LogP contribution in [0, 0.1) is 0 Å². The smallest absolute Gasteiger partial charge is 0.266 e. The Morgan fingerprint density at radius 3 is 3.00 bits per heavy atom. The number of nitrogens with zero attached hydrogens (tertiary/aromatic N) is 1. The number of pyridine rings is 1. The van der Waals surface area contributed by atoms with Gasteiger partial charge < -0.3 is 0 Å². The van der Waals surface area contributed by atoms with Gasteiger partial charge in [0.25, 0.3) is 5.91 Å². The fourth-order valence-corrected chi connectivity index (χ4v) is 0.899. The molecule has 4 nitrogen and oxygen atoms in total. The van der Waals surface area contributed by atoms with Crippen LogP contribution in [-0.4, -0.2) is 10.9 Å². The fourth-order valence-electron chi connectivity index (χ4n) is 0.656. The van der Waals surface area contributed by atoms with Crippen molar-refractivity contribution in [1.29, 1.82) is 0 Å². The lowest BCUT2D eigenvalue weighted by atomic mass is 10.2. The summed E-state index contributed by atoms with van der Waals surface area (Å²) < 4.78 is 0. The second-order valence-corrected chi connectivity index (χ2v) is 2.35. The largest absolute Gasteiger partial charge is 0.290 e. The number of nitrogens with one attached hydrogen (secondary N) is 1. The van der Waals surface area contributed by atoms with Crippen LogP contribution in [0.15, 0.2) is 23.4 Å². The van der Waals surface area contributed by atoms with Gasteiger partial charge in [-0.2, -0.15) is 0 Å². The van der Waals surface area contributed by atoms with Gasteiger partial charge in [0.1, 0.15) is 0 Å². The molecule has 0 saturated heterocycles. The number of nitrogens with two attached hydrogens (primary N) is 1. The molecule has 11 heavy (non-hydrogen) atoms. The highest BCUT2D eigenvalue weighted by Gasteiger charge is 2.05. The highest BCUT2D eigenvalue weighted by molar-refractivity contribution is 7.80. The van der Waals surface area contributed by atoms with Crippen LogP contribution in [0.4, 0.5) is 0 Å². The minimum atomic E-state index is -0.364. The Morgan fingerprint density at radius 1 is 1.73 bits per heavy atom. The van der Waals surface area contributed by atoms with Crippen molar-refractivity contribution in [2.45, 2.75) is 4.90 Å². The fraction of sp³-hybridized carbons (Fsp3) is 0. The zero-order chi connectivity index (χ0) is 8.27. The van der Waals surface area contributed by atoms with Crippen LogP contribution in [0.1, 0.15) is 10.4 Å². The van der Waals surface area contributed by atoms with Gasteiger partial charge in [-0.25, -0.2) is 5.84 Å². The highest BCUT2D eigenvalue weighted by Crippen LogP contribution is 2.09. The number of aromatic nitrogens is 1. The summed E-state index contributed by atoms with van der Waals surface area (Å²) in [4.78, 5) is 15.2. The Bertz CT molecular complexity index is 276. The molecule has 0 aliphatic rings. The van der Waals surface area contributed by atoms with Crippen LogP contribution in [0.5, 0.6) is 0 Å². The molecule has 1 amide bonds. The predicted molar refractivity (Wildman–Crippen MR) is 43.1 cm³/mol. The molecule has 1 rings (SSSR count). The number of carbonyl (C=O) groups is 1. The number of rotatable bonds is 1. The van der Waals surface area contributed by atoms with Gasteiger partial charge in [-0.15, -0.1) is 12.6 Å². The summed E-state index contributed by atoms with van der Waals surface area (Å²) in [6, 6.07) is 1.55. The average molecular weight is 169 g/mol. The minimum Gasteiger partial charge on any atom is -0.290 e. The summed E-state index contributed by atoms with van der Waals surface area (Å²) in [5.41, 5.74) is 2.43. The van der Waals surface area contributed by atoms with Gasteiger partial charge in [-0.1, -0.05) is 0 Å². The van der Waals surface area contributed by atoms with E-state index in [-0.39, 0.29) is 5.91 Å². The maximum atomic E-state index is 10.9. The predicted octanol–water partition coefficient (Wildman–Crippen LogP) is -0.0262. The molecule has 3 N–H and O–H groups in total. The zero-order valence-electron chi connectivity index (χ0n) is 5.61. The molecule has 58 valence electrons. The lowest BCUT2D eigenvalue weighted by Gasteiger charge is -2.00. The van der Waals surface area contributed by atoms with Gasteiger partial charge >= 0.3 is 0 Å². The molecule has 0 atom stereocenters. The second-order valence-electron chi connectivity index (χ2n) is 1.87. The van der Waals surface area contributed by atoms with E-state index in [0.29, 0.717) is 10.5 Å². The first kappa shape index (κ1) is 8.03. The number of carbonyl (C=O) groups excluding carboxylic acids is 1. The van der Waals surface area contributed by atoms with Crippen LogP contribution in [0.2, 0.25) is 0 Å². The number of hydrazine groups is 1. The van der Waals surface area contributed by atoms with Crippen molar-refractivity contribution >= 4 is 18.5 Å². The molecule has 0 aliphatic carbocycles. The summed E-state index contributed by atoms with van der Waals surface area (Å²) in [7, 11) is 0. The Kier molecular flexibility index (Phi) is 2.45. The van der Waals surface area contributed by atoms with Gasteiger partial charge in [0.05, 0.1) is 5.56 Å². The number of hydrogen-bond acceptors (Lipinski definition) is 4. The first-order valence-corrected chi connectivity index (χ1v) is 3.34. The topological polar surface area (TPSA) is 68.0 Å². The van der Waals surface area contributed by atoms with Crippen molar-refractivity contribution in [3.63, 3.8) is 0 Å². The quantitative estimate of drug-likeness (QED) is 0.239. The van der Waals surface area contributed by atoms with Crippen molar-refractivity contribution < 1.29 is 4.79 Å². The summed E-state index contributed by atoms with van der Waals surface area (Å²) in [6.07, 6.45) is 2.98. The van der Waals surface area contributed by atoms with Crippen LogP contribution in [0.25, 0.3) is 0 Å². The van der Waals surface area contributed by atoms with Crippen molar-refractivity contribution in [2.75, 3.05) is 0 Å². The SMILES string of the molecule is NNC(=O)c1ccncc1S. The van der Waals surface area contributed by atoms with Crippen LogP contribution in [-0.2, 0) is 0 Å². The van der Waals surface area contributed by atoms with Crippen LogP contribution < -0.4 is 11.3 Å².